The number of nitrogen functional groups attached to an aromatic ring is 1. The fourth-order valence-electron chi connectivity index (χ4n) is 1.43. The molecular formula is C13H18ClNO2. The lowest BCUT2D eigenvalue weighted by Gasteiger charge is -2.05. The SMILES string of the molecule is CCCCCCOC(=O)c1ccc(N)c(Cl)c1. The third-order valence-corrected chi connectivity index (χ3v) is 2.79. The fourth-order valence-corrected chi connectivity index (χ4v) is 1.61. The van der Waals surface area contributed by atoms with E-state index < -0.39 is 0 Å². The number of nitrogens with two attached hydrogens (primary N) is 1. The maximum atomic E-state index is 11.6. The molecular weight excluding hydrogens is 238 g/mol. The number of esters is 1. The summed E-state index contributed by atoms with van der Waals surface area (Å²) in [4.78, 5) is 11.6. The van der Waals surface area contributed by atoms with Crippen molar-refractivity contribution >= 4 is 23.3 Å². The number of carbonyl (C=O) groups is 1. The van der Waals surface area contributed by atoms with Crippen LogP contribution in [0.3, 0.4) is 0 Å². The van der Waals surface area contributed by atoms with Gasteiger partial charge in [-0.1, -0.05) is 37.8 Å². The van der Waals surface area contributed by atoms with Gasteiger partial charge in [-0.2, -0.15) is 0 Å². The highest BCUT2D eigenvalue weighted by atomic mass is 35.5. The standard InChI is InChI=1S/C13H18ClNO2/c1-2-3-4-5-8-17-13(16)10-6-7-12(15)11(14)9-10/h6-7,9H,2-5,8,15H2,1H3. The van der Waals surface area contributed by atoms with Crippen molar-refractivity contribution in [1.82, 2.24) is 0 Å². The van der Waals surface area contributed by atoms with Gasteiger partial charge in [-0.3, -0.25) is 0 Å². The average molecular weight is 256 g/mol. The molecule has 0 fully saturated rings. The molecule has 1 aromatic rings. The Balaban J connectivity index is 2.39. The zero-order chi connectivity index (χ0) is 12.7. The molecule has 1 aromatic carbocycles. The van der Waals surface area contributed by atoms with E-state index in [0.29, 0.717) is 22.9 Å². The first-order valence-corrected chi connectivity index (χ1v) is 6.25. The Morgan fingerprint density at radius 1 is 1.35 bits per heavy atom. The second-order valence-electron chi connectivity index (χ2n) is 3.93. The molecule has 1 rings (SSSR count). The molecule has 17 heavy (non-hydrogen) atoms. The van der Waals surface area contributed by atoms with Crippen LogP contribution in [0.25, 0.3) is 0 Å². The zero-order valence-electron chi connectivity index (χ0n) is 10.0. The number of carbonyl (C=O) groups excluding carboxylic acids is 1. The van der Waals surface area contributed by atoms with Gasteiger partial charge in [-0.15, -0.1) is 0 Å². The molecule has 0 saturated heterocycles. The maximum absolute atomic E-state index is 11.6. The Morgan fingerprint density at radius 3 is 2.76 bits per heavy atom. The number of halogens is 1. The number of hydrogen-bond donors (Lipinski definition) is 1. The van der Waals surface area contributed by atoms with Crippen LogP contribution in [-0.2, 0) is 4.74 Å². The van der Waals surface area contributed by atoms with Crippen LogP contribution >= 0.6 is 11.6 Å². The summed E-state index contributed by atoms with van der Waals surface area (Å²) in [6, 6.07) is 4.76. The third-order valence-electron chi connectivity index (χ3n) is 2.47. The number of benzene rings is 1. The highest BCUT2D eigenvalue weighted by Crippen LogP contribution is 2.20. The van der Waals surface area contributed by atoms with E-state index in [4.69, 9.17) is 22.1 Å². The monoisotopic (exact) mass is 255 g/mol. The van der Waals surface area contributed by atoms with Crippen LogP contribution in [0.2, 0.25) is 5.02 Å². The molecule has 0 radical (unpaired) electrons. The van der Waals surface area contributed by atoms with E-state index in [-0.39, 0.29) is 5.97 Å². The predicted octanol–water partition coefficient (Wildman–Crippen LogP) is 3.66. The quantitative estimate of drug-likeness (QED) is 0.479. The van der Waals surface area contributed by atoms with Gasteiger partial charge in [0.1, 0.15) is 0 Å². The van der Waals surface area contributed by atoms with Crippen LogP contribution in [-0.4, -0.2) is 12.6 Å². The summed E-state index contributed by atoms with van der Waals surface area (Å²) in [6.07, 6.45) is 4.33. The van der Waals surface area contributed by atoms with E-state index in [1.807, 2.05) is 0 Å². The second-order valence-corrected chi connectivity index (χ2v) is 4.34. The molecule has 0 aliphatic heterocycles. The van der Waals surface area contributed by atoms with Crippen molar-refractivity contribution in [3.8, 4) is 0 Å². The molecule has 0 amide bonds. The number of anilines is 1. The lowest BCUT2D eigenvalue weighted by molar-refractivity contribution is 0.0498. The van der Waals surface area contributed by atoms with Crippen LogP contribution in [0.4, 0.5) is 5.69 Å². The van der Waals surface area contributed by atoms with Gasteiger partial charge in [0.05, 0.1) is 22.9 Å². The third kappa shape index (κ3) is 4.65. The predicted molar refractivity (Wildman–Crippen MR) is 70.3 cm³/mol. The van der Waals surface area contributed by atoms with E-state index in [9.17, 15) is 4.79 Å². The van der Waals surface area contributed by atoms with Gasteiger partial charge < -0.3 is 10.5 Å². The van der Waals surface area contributed by atoms with Gasteiger partial charge in [0.15, 0.2) is 0 Å². The molecule has 4 heteroatoms. The Bertz CT molecular complexity index is 380. The summed E-state index contributed by atoms with van der Waals surface area (Å²) >= 11 is 5.83. The first-order chi connectivity index (χ1) is 8.15. The minimum atomic E-state index is -0.344. The van der Waals surface area contributed by atoms with Gasteiger partial charge in [-0.05, 0) is 24.6 Å². The number of ether oxygens (including phenoxy) is 1. The maximum Gasteiger partial charge on any atom is 0.338 e. The zero-order valence-corrected chi connectivity index (χ0v) is 10.8. The van der Waals surface area contributed by atoms with Crippen molar-refractivity contribution in [2.24, 2.45) is 0 Å². The first kappa shape index (κ1) is 13.8. The number of unbranched alkanes of at least 4 members (excludes halogenated alkanes) is 3. The highest BCUT2D eigenvalue weighted by Gasteiger charge is 2.08. The molecule has 0 aliphatic rings. The van der Waals surface area contributed by atoms with Gasteiger partial charge in [0.2, 0.25) is 0 Å². The van der Waals surface area contributed by atoms with Crippen molar-refractivity contribution < 1.29 is 9.53 Å². The smallest absolute Gasteiger partial charge is 0.338 e. The fraction of sp³-hybridized carbons (Fsp3) is 0.462. The summed E-state index contributed by atoms with van der Waals surface area (Å²) < 4.78 is 5.13. The largest absolute Gasteiger partial charge is 0.462 e. The van der Waals surface area contributed by atoms with E-state index in [0.717, 1.165) is 12.8 Å². The van der Waals surface area contributed by atoms with E-state index in [1.54, 1.807) is 12.1 Å². The van der Waals surface area contributed by atoms with Crippen molar-refractivity contribution in [1.29, 1.82) is 0 Å². The van der Waals surface area contributed by atoms with Gasteiger partial charge in [0, 0.05) is 0 Å². The molecule has 94 valence electrons. The minimum Gasteiger partial charge on any atom is -0.462 e. The van der Waals surface area contributed by atoms with Crippen molar-refractivity contribution in [3.63, 3.8) is 0 Å². The van der Waals surface area contributed by atoms with Gasteiger partial charge in [-0.25, -0.2) is 4.79 Å². The van der Waals surface area contributed by atoms with Crippen LogP contribution < -0.4 is 5.73 Å². The summed E-state index contributed by atoms with van der Waals surface area (Å²) in [6.45, 7) is 2.60. The Morgan fingerprint density at radius 2 is 2.12 bits per heavy atom. The van der Waals surface area contributed by atoms with E-state index in [1.165, 1.54) is 18.9 Å². The van der Waals surface area contributed by atoms with Crippen LogP contribution in [0.5, 0.6) is 0 Å². The van der Waals surface area contributed by atoms with E-state index in [2.05, 4.69) is 6.92 Å². The Labute approximate surface area is 107 Å². The lowest BCUT2D eigenvalue weighted by atomic mass is 10.2. The normalized spacial score (nSPS) is 10.2. The van der Waals surface area contributed by atoms with Crippen LogP contribution in [0, 0.1) is 0 Å². The molecule has 0 aliphatic carbocycles. The molecule has 0 atom stereocenters. The summed E-state index contributed by atoms with van der Waals surface area (Å²) in [5, 5.41) is 0.380. The molecule has 0 heterocycles. The number of hydrogen-bond acceptors (Lipinski definition) is 3. The molecule has 0 unspecified atom stereocenters. The topological polar surface area (TPSA) is 52.3 Å². The Hall–Kier alpha value is -1.22. The van der Waals surface area contributed by atoms with Crippen molar-refractivity contribution in [3.05, 3.63) is 28.8 Å². The van der Waals surface area contributed by atoms with Crippen molar-refractivity contribution in [2.45, 2.75) is 32.6 Å². The minimum absolute atomic E-state index is 0.344. The van der Waals surface area contributed by atoms with Crippen LogP contribution in [0.1, 0.15) is 43.0 Å². The lowest BCUT2D eigenvalue weighted by Crippen LogP contribution is -2.06. The first-order valence-electron chi connectivity index (χ1n) is 5.87. The van der Waals surface area contributed by atoms with E-state index >= 15 is 0 Å². The molecule has 2 N–H and O–H groups in total. The van der Waals surface area contributed by atoms with Gasteiger partial charge >= 0.3 is 5.97 Å². The second kappa shape index (κ2) is 7.17. The molecule has 0 aromatic heterocycles. The summed E-state index contributed by atoms with van der Waals surface area (Å²) in [5.41, 5.74) is 6.47. The molecule has 3 nitrogen and oxygen atoms in total. The van der Waals surface area contributed by atoms with Crippen molar-refractivity contribution in [2.75, 3.05) is 12.3 Å². The van der Waals surface area contributed by atoms with Crippen LogP contribution in [0.15, 0.2) is 18.2 Å². The molecule has 0 saturated carbocycles. The summed E-state index contributed by atoms with van der Waals surface area (Å²) in [5.74, 6) is -0.344. The Kier molecular flexibility index (Phi) is 5.84. The highest BCUT2D eigenvalue weighted by molar-refractivity contribution is 6.33. The average Bonchev–Trinajstić information content (AvgIpc) is 2.32. The summed E-state index contributed by atoms with van der Waals surface area (Å²) in [7, 11) is 0. The van der Waals surface area contributed by atoms with Gasteiger partial charge in [0.25, 0.3) is 0 Å². The molecule has 0 spiro atoms. The molecule has 0 bridgehead atoms. The number of rotatable bonds is 6.